The molecule has 2 aromatic rings. The van der Waals surface area contributed by atoms with Crippen LogP contribution >= 0.6 is 23.1 Å². The molecule has 2 rings (SSSR count). The number of aromatic nitrogens is 1. The smallest absolute Gasteiger partial charge is 0.268 e. The summed E-state index contributed by atoms with van der Waals surface area (Å²) in [6.45, 7) is -0.0250. The lowest BCUT2D eigenvalue weighted by molar-refractivity contribution is 0.00239. The number of hydroxylamine groups is 1. The standard InChI is InChI=1S/C11H9ClN2O3S/c12-9-3-1-2-8(6-9)11(16)13-17-7-14-10(15)4-5-18-14/h1-6H,7H2,(H,13,16). The van der Waals surface area contributed by atoms with Crippen LogP contribution in [0.25, 0.3) is 0 Å². The fraction of sp³-hybridized carbons (Fsp3) is 0.0909. The summed E-state index contributed by atoms with van der Waals surface area (Å²) in [6.07, 6.45) is 0. The number of rotatable bonds is 4. The van der Waals surface area contributed by atoms with E-state index in [-0.39, 0.29) is 12.3 Å². The molecule has 0 atom stereocenters. The lowest BCUT2D eigenvalue weighted by Crippen LogP contribution is -2.26. The van der Waals surface area contributed by atoms with E-state index in [4.69, 9.17) is 16.4 Å². The van der Waals surface area contributed by atoms with Crippen LogP contribution in [0, 0.1) is 0 Å². The van der Waals surface area contributed by atoms with Crippen LogP contribution in [0.1, 0.15) is 10.4 Å². The minimum atomic E-state index is -0.415. The zero-order chi connectivity index (χ0) is 13.0. The number of hydrogen-bond acceptors (Lipinski definition) is 4. The zero-order valence-electron chi connectivity index (χ0n) is 9.13. The SMILES string of the molecule is O=C(NOCn1sccc1=O)c1cccc(Cl)c1. The van der Waals surface area contributed by atoms with Crippen LogP contribution in [0.2, 0.25) is 5.02 Å². The summed E-state index contributed by atoms with van der Waals surface area (Å²) in [5, 5.41) is 2.11. The van der Waals surface area contributed by atoms with Gasteiger partial charge in [0.1, 0.15) is 0 Å². The van der Waals surface area contributed by atoms with Crippen molar-refractivity contribution < 1.29 is 9.63 Å². The Labute approximate surface area is 112 Å². The van der Waals surface area contributed by atoms with Gasteiger partial charge in [-0.2, -0.15) is 0 Å². The first-order chi connectivity index (χ1) is 8.66. The largest absolute Gasteiger partial charge is 0.274 e. The molecule has 0 radical (unpaired) electrons. The molecule has 18 heavy (non-hydrogen) atoms. The van der Waals surface area contributed by atoms with Crippen LogP contribution in [0.15, 0.2) is 40.5 Å². The van der Waals surface area contributed by atoms with Crippen LogP contribution < -0.4 is 11.0 Å². The highest BCUT2D eigenvalue weighted by Gasteiger charge is 2.06. The summed E-state index contributed by atoms with van der Waals surface area (Å²) in [5.41, 5.74) is 2.46. The molecule has 1 aromatic carbocycles. The van der Waals surface area contributed by atoms with Gasteiger partial charge in [-0.25, -0.2) is 9.44 Å². The third-order valence-corrected chi connectivity index (χ3v) is 3.11. The van der Waals surface area contributed by atoms with E-state index in [0.29, 0.717) is 10.6 Å². The lowest BCUT2D eigenvalue weighted by Gasteiger charge is -2.05. The number of halogens is 1. The van der Waals surface area contributed by atoms with E-state index in [1.165, 1.54) is 27.6 Å². The summed E-state index contributed by atoms with van der Waals surface area (Å²) >= 11 is 6.97. The Balaban J connectivity index is 1.89. The molecule has 1 aromatic heterocycles. The molecule has 94 valence electrons. The van der Waals surface area contributed by atoms with Crippen LogP contribution in [0.3, 0.4) is 0 Å². The van der Waals surface area contributed by atoms with E-state index >= 15 is 0 Å². The topological polar surface area (TPSA) is 60.3 Å². The molecule has 0 aliphatic rings. The molecule has 0 saturated carbocycles. The Kier molecular flexibility index (Phi) is 4.14. The van der Waals surface area contributed by atoms with Gasteiger partial charge in [-0.3, -0.25) is 14.4 Å². The van der Waals surface area contributed by atoms with Crippen molar-refractivity contribution in [2.75, 3.05) is 0 Å². The quantitative estimate of drug-likeness (QED) is 0.872. The normalized spacial score (nSPS) is 10.3. The second-order valence-corrected chi connectivity index (χ2v) is 4.70. The maximum atomic E-state index is 11.6. The van der Waals surface area contributed by atoms with Gasteiger partial charge in [0.15, 0.2) is 6.73 Å². The average Bonchev–Trinajstić information content (AvgIpc) is 2.75. The molecule has 7 heteroatoms. The molecule has 1 heterocycles. The number of benzene rings is 1. The molecule has 0 fully saturated rings. The summed E-state index contributed by atoms with van der Waals surface area (Å²) in [7, 11) is 0. The van der Waals surface area contributed by atoms with E-state index in [2.05, 4.69) is 5.48 Å². The van der Waals surface area contributed by atoms with Crippen LogP contribution in [-0.4, -0.2) is 9.86 Å². The van der Waals surface area contributed by atoms with Gasteiger partial charge in [0.05, 0.1) is 0 Å². The third kappa shape index (κ3) is 3.19. The van der Waals surface area contributed by atoms with E-state index in [1.807, 2.05) is 0 Å². The highest BCUT2D eigenvalue weighted by Crippen LogP contribution is 2.10. The van der Waals surface area contributed by atoms with E-state index in [1.54, 1.807) is 23.6 Å². The van der Waals surface area contributed by atoms with Crippen molar-refractivity contribution in [3.05, 3.63) is 56.7 Å². The fourth-order valence-electron chi connectivity index (χ4n) is 1.24. The fourth-order valence-corrected chi connectivity index (χ4v) is 2.03. The van der Waals surface area contributed by atoms with Gasteiger partial charge in [0, 0.05) is 22.0 Å². The van der Waals surface area contributed by atoms with Gasteiger partial charge in [0.2, 0.25) is 0 Å². The Bertz CT molecular complexity index is 608. The molecule has 0 aliphatic carbocycles. The predicted octanol–water partition coefficient (Wildman–Crippen LogP) is 1.88. The number of carbonyl (C=O) groups is 1. The maximum absolute atomic E-state index is 11.6. The molecule has 1 N–H and O–H groups in total. The first kappa shape index (κ1) is 12.8. The number of amides is 1. The minimum Gasteiger partial charge on any atom is -0.268 e. The van der Waals surface area contributed by atoms with Gasteiger partial charge in [-0.1, -0.05) is 29.2 Å². The summed E-state index contributed by atoms with van der Waals surface area (Å²) < 4.78 is 1.36. The first-order valence-corrected chi connectivity index (χ1v) is 6.21. The van der Waals surface area contributed by atoms with Crippen LogP contribution in [0.4, 0.5) is 0 Å². The lowest BCUT2D eigenvalue weighted by atomic mass is 10.2. The van der Waals surface area contributed by atoms with E-state index in [0.717, 1.165) is 0 Å². The van der Waals surface area contributed by atoms with Gasteiger partial charge >= 0.3 is 0 Å². The number of nitrogens with zero attached hydrogens (tertiary/aromatic N) is 1. The summed E-state index contributed by atoms with van der Waals surface area (Å²) in [4.78, 5) is 27.8. The Morgan fingerprint density at radius 1 is 1.44 bits per heavy atom. The molecule has 0 unspecified atom stereocenters. The molecule has 0 spiro atoms. The number of nitrogens with one attached hydrogen (secondary N) is 1. The van der Waals surface area contributed by atoms with Crippen molar-refractivity contribution in [3.8, 4) is 0 Å². The summed E-state index contributed by atoms with van der Waals surface area (Å²) in [6, 6.07) is 7.90. The van der Waals surface area contributed by atoms with Gasteiger partial charge in [-0.05, 0) is 18.2 Å². The van der Waals surface area contributed by atoms with Crippen molar-refractivity contribution in [1.29, 1.82) is 0 Å². The van der Waals surface area contributed by atoms with Crippen molar-refractivity contribution in [1.82, 2.24) is 9.44 Å². The van der Waals surface area contributed by atoms with Crippen LogP contribution in [-0.2, 0) is 11.6 Å². The average molecular weight is 285 g/mol. The van der Waals surface area contributed by atoms with E-state index < -0.39 is 5.91 Å². The van der Waals surface area contributed by atoms with Crippen molar-refractivity contribution >= 4 is 29.0 Å². The molecule has 1 amide bonds. The van der Waals surface area contributed by atoms with E-state index in [9.17, 15) is 9.59 Å². The third-order valence-electron chi connectivity index (χ3n) is 2.08. The highest BCUT2D eigenvalue weighted by molar-refractivity contribution is 7.04. The molecule has 5 nitrogen and oxygen atoms in total. The highest BCUT2D eigenvalue weighted by atomic mass is 35.5. The first-order valence-electron chi connectivity index (χ1n) is 4.99. The monoisotopic (exact) mass is 284 g/mol. The molecule has 0 aliphatic heterocycles. The van der Waals surface area contributed by atoms with Gasteiger partial charge in [0.25, 0.3) is 11.5 Å². The molecule has 0 bridgehead atoms. The Morgan fingerprint density at radius 2 is 2.28 bits per heavy atom. The predicted molar refractivity (Wildman–Crippen MR) is 68.6 cm³/mol. The van der Waals surface area contributed by atoms with Crippen molar-refractivity contribution in [2.24, 2.45) is 0 Å². The van der Waals surface area contributed by atoms with Crippen molar-refractivity contribution in [2.45, 2.75) is 6.73 Å². The second kappa shape index (κ2) is 5.81. The number of carbonyl (C=O) groups excluding carboxylic acids is 1. The van der Waals surface area contributed by atoms with Crippen molar-refractivity contribution in [3.63, 3.8) is 0 Å². The minimum absolute atomic E-state index is 0.0250. The maximum Gasteiger partial charge on any atom is 0.274 e. The summed E-state index contributed by atoms with van der Waals surface area (Å²) in [5.74, 6) is -0.415. The number of hydrogen-bond donors (Lipinski definition) is 1. The zero-order valence-corrected chi connectivity index (χ0v) is 10.7. The van der Waals surface area contributed by atoms with Gasteiger partial charge in [-0.15, -0.1) is 0 Å². The molecular weight excluding hydrogens is 276 g/mol. The second-order valence-electron chi connectivity index (χ2n) is 3.34. The van der Waals surface area contributed by atoms with Gasteiger partial charge < -0.3 is 0 Å². The van der Waals surface area contributed by atoms with Crippen LogP contribution in [0.5, 0.6) is 0 Å². The Morgan fingerprint density at radius 3 is 2.94 bits per heavy atom. The molecule has 0 saturated heterocycles. The molecular formula is C11H9ClN2O3S. The Hall–Kier alpha value is -1.63.